The van der Waals surface area contributed by atoms with Gasteiger partial charge >= 0.3 is 0 Å². The highest BCUT2D eigenvalue weighted by Gasteiger charge is 2.16. The molecule has 0 radical (unpaired) electrons. The molecule has 1 unspecified atom stereocenters. The average molecular weight is 374 g/mol. The number of ether oxygens (including phenoxy) is 1. The summed E-state index contributed by atoms with van der Waals surface area (Å²) in [5.41, 5.74) is 3.12. The quantitative estimate of drug-likeness (QED) is 0.644. The number of carbonyl (C=O) groups excluding carboxylic acids is 1. The molecule has 0 heterocycles. The normalized spacial score (nSPS) is 11.8. The first-order valence-corrected chi connectivity index (χ1v) is 9.40. The summed E-state index contributed by atoms with van der Waals surface area (Å²) < 4.78 is 5.87. The SMILES string of the molecule is CN(C)CC(NC(=O)COc1ccccc1-c1ccccc1)c1ccccc1. The molecule has 0 aliphatic carbocycles. The second-order valence-electron chi connectivity index (χ2n) is 6.94. The Kier molecular flexibility index (Phi) is 6.82. The molecule has 4 heteroatoms. The van der Waals surface area contributed by atoms with Crippen molar-refractivity contribution in [1.29, 1.82) is 0 Å². The van der Waals surface area contributed by atoms with E-state index in [0.29, 0.717) is 5.75 Å². The van der Waals surface area contributed by atoms with E-state index in [1.54, 1.807) is 0 Å². The van der Waals surface area contributed by atoms with E-state index in [4.69, 9.17) is 4.74 Å². The van der Waals surface area contributed by atoms with Crippen LogP contribution in [0, 0.1) is 0 Å². The molecule has 0 bridgehead atoms. The van der Waals surface area contributed by atoms with Gasteiger partial charge in [0, 0.05) is 12.1 Å². The number of amides is 1. The van der Waals surface area contributed by atoms with E-state index < -0.39 is 0 Å². The first-order chi connectivity index (χ1) is 13.6. The molecule has 0 aromatic heterocycles. The molecule has 28 heavy (non-hydrogen) atoms. The van der Waals surface area contributed by atoms with Gasteiger partial charge in [-0.25, -0.2) is 0 Å². The van der Waals surface area contributed by atoms with Crippen LogP contribution in [0.5, 0.6) is 5.75 Å². The summed E-state index contributed by atoms with van der Waals surface area (Å²) in [4.78, 5) is 14.6. The first kappa shape index (κ1) is 19.6. The van der Waals surface area contributed by atoms with Crippen molar-refractivity contribution < 1.29 is 9.53 Å². The van der Waals surface area contributed by atoms with Gasteiger partial charge in [0.2, 0.25) is 0 Å². The molecule has 0 aliphatic rings. The predicted octanol–water partition coefficient (Wildman–Crippen LogP) is 4.15. The van der Waals surface area contributed by atoms with Crippen LogP contribution < -0.4 is 10.1 Å². The summed E-state index contributed by atoms with van der Waals surface area (Å²) >= 11 is 0. The van der Waals surface area contributed by atoms with Crippen LogP contribution in [0.1, 0.15) is 11.6 Å². The molecule has 3 rings (SSSR count). The highest BCUT2D eigenvalue weighted by molar-refractivity contribution is 5.79. The monoisotopic (exact) mass is 374 g/mol. The lowest BCUT2D eigenvalue weighted by molar-refractivity contribution is -0.123. The summed E-state index contributed by atoms with van der Waals surface area (Å²) in [6.45, 7) is 0.691. The van der Waals surface area contributed by atoms with Crippen molar-refractivity contribution in [1.82, 2.24) is 10.2 Å². The summed E-state index contributed by atoms with van der Waals surface area (Å²) in [5.74, 6) is 0.561. The molecule has 1 atom stereocenters. The lowest BCUT2D eigenvalue weighted by Crippen LogP contribution is -2.37. The highest BCUT2D eigenvalue weighted by atomic mass is 16.5. The number of likely N-dealkylation sites (N-methyl/N-ethyl adjacent to an activating group) is 1. The van der Waals surface area contributed by atoms with E-state index >= 15 is 0 Å². The third-order valence-corrected chi connectivity index (χ3v) is 4.42. The second-order valence-corrected chi connectivity index (χ2v) is 6.94. The maximum atomic E-state index is 12.6. The van der Waals surface area contributed by atoms with Crippen LogP contribution >= 0.6 is 0 Å². The van der Waals surface area contributed by atoms with Crippen molar-refractivity contribution in [2.75, 3.05) is 27.2 Å². The number of nitrogens with one attached hydrogen (secondary N) is 1. The minimum Gasteiger partial charge on any atom is -0.483 e. The van der Waals surface area contributed by atoms with Crippen LogP contribution in [0.4, 0.5) is 0 Å². The lowest BCUT2D eigenvalue weighted by atomic mass is 10.1. The Hall–Kier alpha value is -3.11. The molecular formula is C24H26N2O2. The molecule has 0 spiro atoms. The second kappa shape index (κ2) is 9.72. The minimum atomic E-state index is -0.140. The van der Waals surface area contributed by atoms with Crippen molar-refractivity contribution in [2.45, 2.75) is 6.04 Å². The maximum absolute atomic E-state index is 12.6. The van der Waals surface area contributed by atoms with Gasteiger partial charge in [0.05, 0.1) is 6.04 Å². The lowest BCUT2D eigenvalue weighted by Gasteiger charge is -2.23. The number of carbonyl (C=O) groups is 1. The third-order valence-electron chi connectivity index (χ3n) is 4.42. The van der Waals surface area contributed by atoms with Crippen LogP contribution in [0.2, 0.25) is 0 Å². The Morgan fingerprint density at radius 1 is 0.893 bits per heavy atom. The smallest absolute Gasteiger partial charge is 0.258 e. The van der Waals surface area contributed by atoms with Crippen LogP contribution in [0.15, 0.2) is 84.9 Å². The van der Waals surface area contributed by atoms with E-state index in [1.165, 1.54) is 0 Å². The third kappa shape index (κ3) is 5.44. The number of rotatable bonds is 8. The van der Waals surface area contributed by atoms with Gasteiger partial charge in [0.1, 0.15) is 5.75 Å². The van der Waals surface area contributed by atoms with Gasteiger partial charge in [-0.1, -0.05) is 78.9 Å². The number of para-hydroxylation sites is 1. The standard InChI is InChI=1S/C24H26N2O2/c1-26(2)17-22(20-13-7-4-8-14-20)25-24(27)18-28-23-16-10-9-15-21(23)19-11-5-3-6-12-19/h3-16,22H,17-18H2,1-2H3,(H,25,27). The van der Waals surface area contributed by atoms with E-state index in [-0.39, 0.29) is 18.6 Å². The summed E-state index contributed by atoms with van der Waals surface area (Å²) in [5, 5.41) is 3.09. The molecule has 3 aromatic carbocycles. The zero-order chi connectivity index (χ0) is 19.8. The number of benzene rings is 3. The molecule has 0 saturated carbocycles. The van der Waals surface area contributed by atoms with Crippen LogP contribution in [-0.4, -0.2) is 38.1 Å². The van der Waals surface area contributed by atoms with E-state index in [0.717, 1.165) is 23.2 Å². The van der Waals surface area contributed by atoms with E-state index in [2.05, 4.69) is 10.2 Å². The van der Waals surface area contributed by atoms with Gasteiger partial charge in [0.15, 0.2) is 6.61 Å². The van der Waals surface area contributed by atoms with Crippen molar-refractivity contribution in [3.63, 3.8) is 0 Å². The molecule has 4 nitrogen and oxygen atoms in total. The van der Waals surface area contributed by atoms with Gasteiger partial charge < -0.3 is 15.0 Å². The fourth-order valence-electron chi connectivity index (χ4n) is 3.11. The molecule has 0 saturated heterocycles. The largest absolute Gasteiger partial charge is 0.483 e. The highest BCUT2D eigenvalue weighted by Crippen LogP contribution is 2.29. The Bertz CT molecular complexity index is 879. The minimum absolute atomic E-state index is 0.0272. The molecule has 1 amide bonds. The number of hydrogen-bond acceptors (Lipinski definition) is 3. The van der Waals surface area contributed by atoms with Gasteiger partial charge in [0.25, 0.3) is 5.91 Å². The van der Waals surface area contributed by atoms with Gasteiger partial charge in [-0.05, 0) is 31.3 Å². The van der Waals surface area contributed by atoms with E-state index in [1.807, 2.05) is 99.0 Å². The molecule has 1 N–H and O–H groups in total. The molecule has 0 aliphatic heterocycles. The van der Waals surface area contributed by atoms with Crippen molar-refractivity contribution >= 4 is 5.91 Å². The van der Waals surface area contributed by atoms with Crippen molar-refractivity contribution in [3.8, 4) is 16.9 Å². The summed E-state index contributed by atoms with van der Waals surface area (Å²) in [6, 6.07) is 27.7. The zero-order valence-corrected chi connectivity index (χ0v) is 16.3. The van der Waals surface area contributed by atoms with E-state index in [9.17, 15) is 4.79 Å². The summed E-state index contributed by atoms with van der Waals surface area (Å²) in [7, 11) is 3.99. The average Bonchev–Trinajstić information content (AvgIpc) is 2.73. The van der Waals surface area contributed by atoms with Gasteiger partial charge in [-0.15, -0.1) is 0 Å². The Balaban J connectivity index is 1.67. The Morgan fingerprint density at radius 3 is 2.18 bits per heavy atom. The van der Waals surface area contributed by atoms with Crippen molar-refractivity contribution in [2.24, 2.45) is 0 Å². The number of nitrogens with zero attached hydrogens (tertiary/aromatic N) is 1. The summed E-state index contributed by atoms with van der Waals surface area (Å²) in [6.07, 6.45) is 0. The fourth-order valence-corrected chi connectivity index (χ4v) is 3.11. The fraction of sp³-hybridized carbons (Fsp3) is 0.208. The van der Waals surface area contributed by atoms with Crippen LogP contribution in [0.3, 0.4) is 0 Å². The topological polar surface area (TPSA) is 41.6 Å². The maximum Gasteiger partial charge on any atom is 0.258 e. The molecule has 0 fully saturated rings. The first-order valence-electron chi connectivity index (χ1n) is 9.40. The van der Waals surface area contributed by atoms with Crippen LogP contribution in [0.25, 0.3) is 11.1 Å². The van der Waals surface area contributed by atoms with Crippen molar-refractivity contribution in [3.05, 3.63) is 90.5 Å². The zero-order valence-electron chi connectivity index (χ0n) is 16.3. The Labute approximate surface area is 166 Å². The molecular weight excluding hydrogens is 348 g/mol. The molecule has 144 valence electrons. The molecule has 3 aromatic rings. The number of hydrogen-bond donors (Lipinski definition) is 1. The predicted molar refractivity (Wildman–Crippen MR) is 113 cm³/mol. The van der Waals surface area contributed by atoms with Gasteiger partial charge in [-0.2, -0.15) is 0 Å². The Morgan fingerprint density at radius 2 is 1.50 bits per heavy atom. The van der Waals surface area contributed by atoms with Crippen LogP contribution in [-0.2, 0) is 4.79 Å². The van der Waals surface area contributed by atoms with Gasteiger partial charge in [-0.3, -0.25) is 4.79 Å².